The summed E-state index contributed by atoms with van der Waals surface area (Å²) < 4.78 is 34.3. The molecule has 1 amide bonds. The Morgan fingerprint density at radius 3 is 1.09 bits per heavy atom. The van der Waals surface area contributed by atoms with Gasteiger partial charge < -0.3 is 64.0 Å². The predicted octanol–water partition coefficient (Wildman–Crippen LogP) is 5.19. The topological polar surface area (TPSA) is 231 Å². The van der Waals surface area contributed by atoms with Crippen LogP contribution in [0.25, 0.3) is 0 Å². The van der Waals surface area contributed by atoms with Crippen molar-refractivity contribution in [2.45, 2.75) is 122 Å². The SMILES string of the molecule is COc1c(C)c(OC)c2c(c1O)[C@@H]1[C@@H]3Cc4c(O)c(C)c(C)c(OC)c4[C@H](CO)N3C(=O)[C@H](C2)N1C.COc1c(C)c(OC)c2c(c1O)[C@@H]1[C@@H]3Cc4c(O)c(C)c(C)c(OC)c4[C@H](CO)N3[C@@H](C#N)[C@H](C2)N1C.S=S=S=S=S=S=S=S=S=S=S=S=S.S=S=S=S=S=S=S=S=S=S=S=S=S=S. The second-order valence-corrected chi connectivity index (χ2v) is 62.6. The minimum Gasteiger partial charge on any atom is -0.507 e. The third kappa shape index (κ3) is 18.4. The number of likely N-dealkylation sites (N-methyl/N-ethyl adjacent to an activating group) is 2. The molecular weight excluding hydrogens is 1800 g/mol. The number of fused-ring (bicyclic) bond motifs is 14. The summed E-state index contributed by atoms with van der Waals surface area (Å²) in [6.45, 7) is 10.6. The number of nitrogens with zero attached hydrogens (tertiary/aromatic N) is 5. The number of carbonyl (C=O) groups excluding carboxylic acids is 1. The van der Waals surface area contributed by atoms with Crippen molar-refractivity contribution in [1.29, 1.82) is 5.26 Å². The predicted molar refractivity (Wildman–Crippen MR) is 468 cm³/mol. The van der Waals surface area contributed by atoms with Crippen LogP contribution < -0.4 is 28.4 Å². The fourth-order valence-corrected chi connectivity index (χ4v) is 66.5. The van der Waals surface area contributed by atoms with Gasteiger partial charge in [0.1, 0.15) is 40.5 Å². The number of phenols is 4. The standard InChI is InChI=1S/C28H35N3O6.C27H34N2O7.S14.S13/c1-12-13(2)27(36-6)21-15(24(12)33)8-18-23-22-16(26(35-5)14(3)28(37-7)25(22)34)9-17(30(23)4)19(10-29)31(18)20(21)11-32;1-11-12(2)25(35-6)19-14(22(11)31)8-16-21-20-15(24(34-5)13(3)26(36-7)23(20)32)9-17(28(21)4)27(33)29(16)18(19)10-30;1-3-5-7-9-11-13-14-12-10-8-6-4-2;1-3-5-7-9-11-13-12-10-8-6-4-2/h17-20,23,32-34H,8-9,11H2,1-7H3;16-18,21,30-32H,8-10H2,1-7H3;;/t17-,18-,19-,20-,23-;16-,17-,18-,21-;;/m00../s1. The van der Waals surface area contributed by atoms with E-state index in [0.29, 0.717) is 105 Å². The minimum absolute atomic E-state index is 0.0311. The number of carbonyl (C=O) groups is 1. The number of aromatic hydroxyl groups is 4. The Kier molecular flexibility index (Phi) is 36.4. The van der Waals surface area contributed by atoms with Gasteiger partial charge in [-0.15, -0.1) is 0 Å². The Hall–Kier alpha value is -0.420. The molecule has 18 nitrogen and oxygen atoms in total. The average molecular weight is 1870 g/mol. The van der Waals surface area contributed by atoms with Crippen molar-refractivity contribution in [3.8, 4) is 63.6 Å². The van der Waals surface area contributed by atoms with Crippen molar-refractivity contribution < 1.29 is 63.9 Å². The van der Waals surface area contributed by atoms with Crippen LogP contribution >= 0.6 is 0 Å². The molecule has 6 heterocycles. The van der Waals surface area contributed by atoms with Crippen molar-refractivity contribution in [1.82, 2.24) is 19.6 Å². The van der Waals surface area contributed by atoms with Gasteiger partial charge in [0.05, 0.1) is 98.2 Å². The number of piperazine rings is 2. The van der Waals surface area contributed by atoms with E-state index in [0.717, 1.165) is 33.4 Å². The molecule has 0 saturated carbocycles. The van der Waals surface area contributed by atoms with E-state index in [1.165, 1.54) is 49.7 Å². The highest BCUT2D eigenvalue weighted by Gasteiger charge is 2.58. The van der Waals surface area contributed by atoms with E-state index in [9.17, 15) is 40.7 Å². The summed E-state index contributed by atoms with van der Waals surface area (Å²) in [5.41, 5.74) is 10.2. The Balaban J connectivity index is 0.000000207. The van der Waals surface area contributed by atoms with Crippen LogP contribution in [0.2, 0.25) is 0 Å². The number of ether oxygens (including phenoxy) is 6. The van der Waals surface area contributed by atoms with Gasteiger partial charge in [-0.25, -0.2) is 0 Å². The quantitative estimate of drug-likeness (QED) is 0.133. The summed E-state index contributed by atoms with van der Waals surface area (Å²) >= 11 is 18.8. The van der Waals surface area contributed by atoms with Crippen LogP contribution in [-0.4, -0.2) is 156 Å². The molecule has 4 aromatic carbocycles. The van der Waals surface area contributed by atoms with Gasteiger partial charge in [0.15, 0.2) is 23.0 Å². The van der Waals surface area contributed by atoms with Crippen molar-refractivity contribution in [2.24, 2.45) is 0 Å². The lowest BCUT2D eigenvalue weighted by Gasteiger charge is -2.59. The van der Waals surface area contributed by atoms with Crippen LogP contribution in [0.15, 0.2) is 0 Å². The molecule has 0 radical (unpaired) electrons. The number of aliphatic hydroxyl groups is 2. The number of benzene rings is 4. The summed E-state index contributed by atoms with van der Waals surface area (Å²) in [4.78, 5) is 22.0. The molecular formula is C55H69N5O13S27. The number of methoxy groups -OCH3 is 6. The van der Waals surface area contributed by atoms with Gasteiger partial charge in [0.25, 0.3) is 0 Å². The molecule has 0 aliphatic carbocycles. The van der Waals surface area contributed by atoms with E-state index in [-0.39, 0.29) is 60.2 Å². The normalized spacial score (nSPS) is 20.6. The Bertz CT molecular complexity index is 4980. The molecule has 4 aromatic rings. The van der Waals surface area contributed by atoms with Crippen molar-refractivity contribution in [3.05, 3.63) is 77.9 Å². The Morgan fingerprint density at radius 1 is 0.410 bits per heavy atom. The fraction of sp³-hybridized carbons (Fsp3) is 0.527. The van der Waals surface area contributed by atoms with E-state index >= 15 is 0 Å². The number of nitriles is 1. The molecule has 100 heavy (non-hydrogen) atoms. The van der Waals surface area contributed by atoms with Crippen LogP contribution in [0.3, 0.4) is 0 Å². The highest BCUT2D eigenvalue weighted by Crippen LogP contribution is 2.60. The maximum atomic E-state index is 14.0. The molecule has 2 fully saturated rings. The van der Waals surface area contributed by atoms with Crippen LogP contribution in [0, 0.1) is 52.9 Å². The zero-order chi connectivity index (χ0) is 73.4. The van der Waals surface area contributed by atoms with Gasteiger partial charge in [0.2, 0.25) is 5.91 Å². The maximum Gasteiger partial charge on any atom is 0.241 e. The first kappa shape index (κ1) is 86.8. The zero-order valence-electron chi connectivity index (χ0n) is 55.2. The second kappa shape index (κ2) is 42.0. The lowest BCUT2D eigenvalue weighted by Crippen LogP contribution is -2.68. The van der Waals surface area contributed by atoms with Crippen LogP contribution in [0.4, 0.5) is 0 Å². The molecule has 45 heteroatoms. The summed E-state index contributed by atoms with van der Waals surface area (Å²) in [5.74, 6) is 3.50. The van der Waals surface area contributed by atoms with Gasteiger partial charge in [-0.05, 0) is 97.2 Å². The summed E-state index contributed by atoms with van der Waals surface area (Å²) in [6, 6.07) is -1.51. The van der Waals surface area contributed by atoms with Gasteiger partial charge in [-0.1, -0.05) is 0 Å². The van der Waals surface area contributed by atoms with Crippen molar-refractivity contribution >= 4 is 255 Å². The van der Waals surface area contributed by atoms with E-state index in [2.05, 4.69) is 15.9 Å². The summed E-state index contributed by atoms with van der Waals surface area (Å²) in [5, 5.41) is 77.3. The van der Waals surface area contributed by atoms with E-state index < -0.39 is 36.3 Å². The molecule has 0 spiro atoms. The third-order valence-corrected chi connectivity index (χ3v) is 64.9. The van der Waals surface area contributed by atoms with Crippen LogP contribution in [-0.2, 0) is 279 Å². The van der Waals surface area contributed by atoms with Gasteiger partial charge in [0, 0.05) is 323 Å². The highest BCUT2D eigenvalue weighted by atomic mass is 33.5. The lowest BCUT2D eigenvalue weighted by atomic mass is 9.71. The molecule has 6 aliphatic heterocycles. The van der Waals surface area contributed by atoms with Gasteiger partial charge in [-0.3, -0.25) is 19.5 Å². The summed E-state index contributed by atoms with van der Waals surface area (Å²) in [7, 11) is 51.2. The fourth-order valence-electron chi connectivity index (χ4n) is 14.4. The molecule has 0 aromatic heterocycles. The summed E-state index contributed by atoms with van der Waals surface area (Å²) in [6.07, 6.45) is 1.59. The van der Waals surface area contributed by atoms with Crippen LogP contribution in [0.5, 0.6) is 57.5 Å². The van der Waals surface area contributed by atoms with Gasteiger partial charge in [-0.2, -0.15) is 5.26 Å². The van der Waals surface area contributed by atoms with Crippen LogP contribution in [0.1, 0.15) is 102 Å². The van der Waals surface area contributed by atoms with Crippen molar-refractivity contribution in [2.75, 3.05) is 70.0 Å². The molecule has 9 atom stereocenters. The molecule has 0 unspecified atom stereocenters. The number of hydrogen-bond donors (Lipinski definition) is 6. The first-order valence-corrected chi connectivity index (χ1v) is 62.2. The van der Waals surface area contributed by atoms with Gasteiger partial charge >= 0.3 is 0 Å². The number of hydrogen-bond acceptors (Lipinski definition) is 21. The minimum atomic E-state index is -0.692. The molecule has 6 aliphatic rings. The van der Waals surface area contributed by atoms with E-state index in [4.69, 9.17) is 73.2 Å². The van der Waals surface area contributed by atoms with Crippen molar-refractivity contribution in [3.63, 3.8) is 0 Å². The highest BCUT2D eigenvalue weighted by molar-refractivity contribution is 8.77. The Morgan fingerprint density at radius 2 is 0.740 bits per heavy atom. The largest absolute Gasteiger partial charge is 0.507 e. The molecule has 6 N–H and O–H groups in total. The molecule has 4 bridgehead atoms. The number of phenolic OH excluding ortho intramolecular Hbond substituents is 4. The van der Waals surface area contributed by atoms with E-state index in [1.54, 1.807) is 202 Å². The Labute approximate surface area is 667 Å². The first-order valence-electron chi connectivity index (χ1n) is 28.8. The second-order valence-electron chi connectivity index (χ2n) is 21.9. The zero-order valence-corrected chi connectivity index (χ0v) is 77.3. The third-order valence-electron chi connectivity index (χ3n) is 18.2. The number of aliphatic hydroxyl groups excluding tert-OH is 2. The molecule has 2 saturated heterocycles. The lowest BCUT2D eigenvalue weighted by molar-refractivity contribution is -0.158. The smallest absolute Gasteiger partial charge is 0.241 e. The molecule has 10 rings (SSSR count). The number of amides is 1. The maximum absolute atomic E-state index is 14.0. The van der Waals surface area contributed by atoms with E-state index in [1.807, 2.05) is 60.5 Å². The molecule has 554 valence electrons. The number of rotatable bonds is 8. The average Bonchev–Trinajstić information content (AvgIpc) is 0.705. The monoisotopic (exact) mass is 1870 g/mol. The first-order chi connectivity index (χ1) is 48.1.